The van der Waals surface area contributed by atoms with Crippen molar-refractivity contribution in [3.63, 3.8) is 0 Å². The molecule has 2 aromatic carbocycles. The van der Waals surface area contributed by atoms with Crippen LogP contribution in [0, 0.1) is 6.92 Å². The molecule has 2 aromatic heterocycles. The van der Waals surface area contributed by atoms with E-state index < -0.39 is 0 Å². The van der Waals surface area contributed by atoms with E-state index >= 15 is 0 Å². The Morgan fingerprint density at radius 2 is 1.72 bits per heavy atom. The lowest BCUT2D eigenvalue weighted by Gasteiger charge is -2.15. The van der Waals surface area contributed by atoms with E-state index in [-0.39, 0.29) is 5.43 Å². The lowest BCUT2D eigenvalue weighted by molar-refractivity contribution is 0.216. The van der Waals surface area contributed by atoms with Crippen molar-refractivity contribution in [1.82, 2.24) is 9.97 Å². The number of rotatable bonds is 9. The van der Waals surface area contributed by atoms with Crippen LogP contribution in [0.3, 0.4) is 0 Å². The molecule has 5 heteroatoms. The van der Waals surface area contributed by atoms with Gasteiger partial charge in [-0.25, -0.2) is 0 Å². The summed E-state index contributed by atoms with van der Waals surface area (Å²) in [5, 5.41) is 0.682. The summed E-state index contributed by atoms with van der Waals surface area (Å²) in [4.78, 5) is 20.9. The highest BCUT2D eigenvalue weighted by Crippen LogP contribution is 2.28. The number of ether oxygens (including phenoxy) is 2. The van der Waals surface area contributed by atoms with Gasteiger partial charge in [-0.1, -0.05) is 31.5 Å². The summed E-state index contributed by atoms with van der Waals surface area (Å²) in [7, 11) is 0. The maximum absolute atomic E-state index is 13.4. The van der Waals surface area contributed by atoms with Gasteiger partial charge in [0.25, 0.3) is 0 Å². The Labute approximate surface area is 188 Å². The summed E-state index contributed by atoms with van der Waals surface area (Å²) in [5.41, 5.74) is 4.24. The fourth-order valence-electron chi connectivity index (χ4n) is 3.88. The Hall–Kier alpha value is -3.60. The van der Waals surface area contributed by atoms with Crippen LogP contribution in [0.4, 0.5) is 0 Å². The quantitative estimate of drug-likeness (QED) is 0.347. The number of unbranched alkanes of at least 4 members (excludes halogenated alkanes) is 1. The molecule has 2 heterocycles. The number of fused-ring (bicyclic) bond motifs is 1. The predicted octanol–water partition coefficient (Wildman–Crippen LogP) is 5.70. The second-order valence-electron chi connectivity index (χ2n) is 7.81. The predicted molar refractivity (Wildman–Crippen MR) is 129 cm³/mol. The molecule has 0 saturated carbocycles. The Morgan fingerprint density at radius 3 is 2.47 bits per heavy atom. The van der Waals surface area contributed by atoms with Crippen LogP contribution in [0.25, 0.3) is 22.0 Å². The van der Waals surface area contributed by atoms with E-state index in [0.29, 0.717) is 24.2 Å². The SMILES string of the molecule is CCCCc1cc2c(=O)c(-c3ccncc3)c(C)[nH]c2cc1OCCOc1ccccc1. The molecule has 0 spiro atoms. The van der Waals surface area contributed by atoms with Gasteiger partial charge in [-0.2, -0.15) is 0 Å². The van der Waals surface area contributed by atoms with Crippen molar-refractivity contribution in [3.8, 4) is 22.6 Å². The zero-order valence-electron chi connectivity index (χ0n) is 18.6. The lowest BCUT2D eigenvalue weighted by atomic mass is 9.99. The molecule has 1 N–H and O–H groups in total. The van der Waals surface area contributed by atoms with Crippen molar-refractivity contribution in [2.45, 2.75) is 33.1 Å². The van der Waals surface area contributed by atoms with Crippen molar-refractivity contribution in [3.05, 3.63) is 88.5 Å². The van der Waals surface area contributed by atoms with Crippen LogP contribution in [-0.4, -0.2) is 23.2 Å². The molecule has 0 amide bonds. The van der Waals surface area contributed by atoms with E-state index in [0.717, 1.165) is 53.1 Å². The summed E-state index contributed by atoms with van der Waals surface area (Å²) >= 11 is 0. The van der Waals surface area contributed by atoms with Crippen LogP contribution < -0.4 is 14.9 Å². The standard InChI is InChI=1S/C27H28N2O3/c1-3-4-8-21-17-23-24(18-25(21)32-16-15-31-22-9-6-5-7-10-22)29-19(2)26(27(23)30)20-11-13-28-14-12-20/h5-7,9-14,17-18H,3-4,8,15-16H2,1-2H3,(H,29,30). The average molecular weight is 429 g/mol. The highest BCUT2D eigenvalue weighted by atomic mass is 16.5. The number of pyridine rings is 2. The van der Waals surface area contributed by atoms with Crippen molar-refractivity contribution in [2.24, 2.45) is 0 Å². The largest absolute Gasteiger partial charge is 0.490 e. The molecular weight excluding hydrogens is 400 g/mol. The minimum absolute atomic E-state index is 0.0270. The maximum Gasteiger partial charge on any atom is 0.197 e. The maximum atomic E-state index is 13.4. The van der Waals surface area contributed by atoms with E-state index in [1.54, 1.807) is 12.4 Å². The Bertz CT molecular complexity index is 1230. The molecule has 4 rings (SSSR count). The highest BCUT2D eigenvalue weighted by molar-refractivity contribution is 5.86. The number of hydrogen-bond acceptors (Lipinski definition) is 4. The van der Waals surface area contributed by atoms with Gasteiger partial charge < -0.3 is 14.5 Å². The zero-order valence-corrected chi connectivity index (χ0v) is 18.6. The van der Waals surface area contributed by atoms with Gasteiger partial charge >= 0.3 is 0 Å². The molecule has 0 aliphatic carbocycles. The fourth-order valence-corrected chi connectivity index (χ4v) is 3.88. The van der Waals surface area contributed by atoms with Gasteiger partial charge in [-0.3, -0.25) is 9.78 Å². The summed E-state index contributed by atoms with van der Waals surface area (Å²) < 4.78 is 11.9. The number of para-hydroxylation sites is 1. The molecular formula is C27H28N2O3. The molecule has 4 aromatic rings. The number of nitrogens with one attached hydrogen (secondary N) is 1. The van der Waals surface area contributed by atoms with Crippen molar-refractivity contribution in [1.29, 1.82) is 0 Å². The summed E-state index contributed by atoms with van der Waals surface area (Å²) in [6, 6.07) is 17.4. The van der Waals surface area contributed by atoms with Crippen molar-refractivity contribution >= 4 is 10.9 Å². The summed E-state index contributed by atoms with van der Waals surface area (Å²) in [6.45, 7) is 4.96. The molecule has 5 nitrogen and oxygen atoms in total. The van der Waals surface area contributed by atoms with Crippen LogP contribution >= 0.6 is 0 Å². The van der Waals surface area contributed by atoms with Gasteiger partial charge in [0, 0.05) is 35.1 Å². The second kappa shape index (κ2) is 10.1. The topological polar surface area (TPSA) is 64.2 Å². The minimum Gasteiger partial charge on any atom is -0.490 e. The molecule has 0 saturated heterocycles. The van der Waals surface area contributed by atoms with Gasteiger partial charge in [0.15, 0.2) is 5.43 Å². The monoisotopic (exact) mass is 428 g/mol. The third kappa shape index (κ3) is 4.83. The molecule has 0 aliphatic heterocycles. The molecule has 0 unspecified atom stereocenters. The first-order valence-electron chi connectivity index (χ1n) is 11.1. The highest BCUT2D eigenvalue weighted by Gasteiger charge is 2.15. The number of hydrogen-bond donors (Lipinski definition) is 1. The summed E-state index contributed by atoms with van der Waals surface area (Å²) in [6.07, 6.45) is 6.38. The third-order valence-corrected chi connectivity index (χ3v) is 5.49. The first-order chi connectivity index (χ1) is 15.7. The van der Waals surface area contributed by atoms with Gasteiger partial charge in [0.2, 0.25) is 0 Å². The summed E-state index contributed by atoms with van der Waals surface area (Å²) in [5.74, 6) is 1.62. The molecule has 32 heavy (non-hydrogen) atoms. The van der Waals surface area contributed by atoms with Crippen LogP contribution in [0.15, 0.2) is 71.8 Å². The number of H-pyrrole nitrogens is 1. The van der Waals surface area contributed by atoms with Crippen LogP contribution in [0.1, 0.15) is 31.0 Å². The number of aromatic nitrogens is 2. The lowest BCUT2D eigenvalue weighted by Crippen LogP contribution is -2.13. The van der Waals surface area contributed by atoms with E-state index in [1.165, 1.54) is 0 Å². The Morgan fingerprint density at radius 1 is 0.969 bits per heavy atom. The van der Waals surface area contributed by atoms with Crippen molar-refractivity contribution in [2.75, 3.05) is 13.2 Å². The molecule has 0 atom stereocenters. The minimum atomic E-state index is 0.0270. The first kappa shape index (κ1) is 21.6. The van der Waals surface area contributed by atoms with Gasteiger partial charge in [-0.05, 0) is 61.2 Å². The fraction of sp³-hybridized carbons (Fsp3) is 0.259. The first-order valence-corrected chi connectivity index (χ1v) is 11.1. The molecule has 164 valence electrons. The van der Waals surface area contributed by atoms with Crippen LogP contribution in [0.5, 0.6) is 11.5 Å². The molecule has 0 radical (unpaired) electrons. The van der Waals surface area contributed by atoms with Crippen molar-refractivity contribution < 1.29 is 9.47 Å². The number of nitrogens with zero attached hydrogens (tertiary/aromatic N) is 1. The van der Waals surface area contributed by atoms with Gasteiger partial charge in [0.1, 0.15) is 24.7 Å². The second-order valence-corrected chi connectivity index (χ2v) is 7.81. The van der Waals surface area contributed by atoms with Gasteiger partial charge in [0.05, 0.1) is 5.52 Å². The number of aryl methyl sites for hydroxylation is 2. The van der Waals surface area contributed by atoms with E-state index in [1.807, 2.05) is 61.5 Å². The van der Waals surface area contributed by atoms with E-state index in [9.17, 15) is 4.79 Å². The number of benzene rings is 2. The van der Waals surface area contributed by atoms with Gasteiger partial charge in [-0.15, -0.1) is 0 Å². The van der Waals surface area contributed by atoms with E-state index in [4.69, 9.17) is 9.47 Å². The van der Waals surface area contributed by atoms with Crippen LogP contribution in [0.2, 0.25) is 0 Å². The Kier molecular flexibility index (Phi) is 6.85. The molecule has 0 aliphatic rings. The van der Waals surface area contributed by atoms with Crippen LogP contribution in [-0.2, 0) is 6.42 Å². The Balaban J connectivity index is 1.64. The third-order valence-electron chi connectivity index (χ3n) is 5.49. The van der Waals surface area contributed by atoms with E-state index in [2.05, 4.69) is 16.9 Å². The molecule has 0 bridgehead atoms. The average Bonchev–Trinajstić information content (AvgIpc) is 2.82. The number of aromatic amines is 1. The molecule has 0 fully saturated rings. The zero-order chi connectivity index (χ0) is 22.3. The normalized spacial score (nSPS) is 10.9. The smallest absolute Gasteiger partial charge is 0.197 e.